The van der Waals surface area contributed by atoms with Gasteiger partial charge in [-0.25, -0.2) is 14.0 Å². The fourth-order valence-electron chi connectivity index (χ4n) is 2.97. The van der Waals surface area contributed by atoms with Crippen LogP contribution in [0.15, 0.2) is 22.7 Å². The molecule has 1 aromatic carbocycles. The lowest BCUT2D eigenvalue weighted by atomic mass is 10.1. The van der Waals surface area contributed by atoms with Crippen molar-refractivity contribution in [2.45, 2.75) is 33.3 Å². The molecule has 0 bridgehead atoms. The van der Waals surface area contributed by atoms with E-state index in [1.165, 1.54) is 12.1 Å². The largest absolute Gasteiger partial charge is 0.459 e. The van der Waals surface area contributed by atoms with Crippen molar-refractivity contribution in [1.29, 1.82) is 0 Å². The lowest BCUT2D eigenvalue weighted by Crippen LogP contribution is -2.50. The SMILES string of the molecule is CCOC(=O)c1nc(-c2ccc(F)c(N3CCN(C(=O)OC(C)(C)C)CC3)c2)no1. The smallest absolute Gasteiger partial charge is 0.410 e. The minimum absolute atomic E-state index is 0.159. The van der Waals surface area contributed by atoms with Crippen molar-refractivity contribution in [2.75, 3.05) is 37.7 Å². The zero-order valence-corrected chi connectivity index (χ0v) is 17.5. The third kappa shape index (κ3) is 5.05. The maximum Gasteiger partial charge on any atom is 0.410 e. The van der Waals surface area contributed by atoms with Gasteiger partial charge in [-0.2, -0.15) is 4.98 Å². The Morgan fingerprint density at radius 2 is 1.90 bits per heavy atom. The fourth-order valence-corrected chi connectivity index (χ4v) is 2.97. The highest BCUT2D eigenvalue weighted by Gasteiger charge is 2.27. The molecule has 0 atom stereocenters. The van der Waals surface area contributed by atoms with E-state index in [1.807, 2.05) is 25.7 Å². The number of aromatic nitrogens is 2. The monoisotopic (exact) mass is 420 g/mol. The van der Waals surface area contributed by atoms with Crippen LogP contribution in [0.25, 0.3) is 11.4 Å². The van der Waals surface area contributed by atoms with Gasteiger partial charge in [0.05, 0.1) is 12.3 Å². The highest BCUT2D eigenvalue weighted by molar-refractivity contribution is 5.84. The standard InChI is InChI=1S/C20H25FN4O5/c1-5-28-18(26)17-22-16(23-30-17)13-6-7-14(21)15(12-13)24-8-10-25(11-9-24)19(27)29-20(2,3)4/h6-7,12H,5,8-11H2,1-4H3. The highest BCUT2D eigenvalue weighted by atomic mass is 19.1. The van der Waals surface area contributed by atoms with E-state index in [9.17, 15) is 14.0 Å². The number of hydrogen-bond acceptors (Lipinski definition) is 8. The molecule has 1 aromatic heterocycles. The van der Waals surface area contributed by atoms with Crippen molar-refractivity contribution in [1.82, 2.24) is 15.0 Å². The molecule has 30 heavy (non-hydrogen) atoms. The van der Waals surface area contributed by atoms with Crippen LogP contribution in [0.4, 0.5) is 14.9 Å². The highest BCUT2D eigenvalue weighted by Crippen LogP contribution is 2.27. The molecular formula is C20H25FN4O5. The molecule has 162 valence electrons. The molecule has 1 aliphatic rings. The summed E-state index contributed by atoms with van der Waals surface area (Å²) in [5.74, 6) is -1.22. The summed E-state index contributed by atoms with van der Waals surface area (Å²) in [5, 5.41) is 3.78. The second-order valence-corrected chi connectivity index (χ2v) is 7.76. The summed E-state index contributed by atoms with van der Waals surface area (Å²) in [6.07, 6.45) is -0.380. The van der Waals surface area contributed by atoms with Crippen LogP contribution in [0.2, 0.25) is 0 Å². The van der Waals surface area contributed by atoms with Crippen LogP contribution < -0.4 is 4.90 Å². The Balaban J connectivity index is 1.71. The zero-order valence-electron chi connectivity index (χ0n) is 17.5. The number of halogens is 1. The van der Waals surface area contributed by atoms with E-state index >= 15 is 0 Å². The second-order valence-electron chi connectivity index (χ2n) is 7.76. The van der Waals surface area contributed by atoms with E-state index < -0.39 is 17.4 Å². The van der Waals surface area contributed by atoms with Crippen molar-refractivity contribution in [3.63, 3.8) is 0 Å². The van der Waals surface area contributed by atoms with Crippen LogP contribution in [-0.2, 0) is 9.47 Å². The number of nitrogens with zero attached hydrogens (tertiary/aromatic N) is 4. The number of benzene rings is 1. The lowest BCUT2D eigenvalue weighted by molar-refractivity contribution is 0.0240. The van der Waals surface area contributed by atoms with Crippen LogP contribution in [0.1, 0.15) is 38.4 Å². The Hall–Kier alpha value is -3.17. The average molecular weight is 420 g/mol. The van der Waals surface area contributed by atoms with Crippen LogP contribution in [0.3, 0.4) is 0 Å². The van der Waals surface area contributed by atoms with E-state index in [4.69, 9.17) is 14.0 Å². The van der Waals surface area contributed by atoms with Gasteiger partial charge in [0.2, 0.25) is 5.82 Å². The van der Waals surface area contributed by atoms with Crippen LogP contribution in [0.5, 0.6) is 0 Å². The lowest BCUT2D eigenvalue weighted by Gasteiger charge is -2.36. The van der Waals surface area contributed by atoms with Crippen LogP contribution in [0, 0.1) is 5.82 Å². The Morgan fingerprint density at radius 1 is 1.20 bits per heavy atom. The number of ether oxygens (including phenoxy) is 2. The molecule has 1 aliphatic heterocycles. The van der Waals surface area contributed by atoms with Gasteiger partial charge in [0, 0.05) is 31.7 Å². The summed E-state index contributed by atoms with van der Waals surface area (Å²) in [4.78, 5) is 31.4. The molecule has 2 heterocycles. The maximum atomic E-state index is 14.5. The average Bonchev–Trinajstić information content (AvgIpc) is 3.18. The van der Waals surface area contributed by atoms with Gasteiger partial charge in [-0.1, -0.05) is 5.16 Å². The molecule has 0 aliphatic carbocycles. The van der Waals surface area contributed by atoms with Crippen molar-refractivity contribution >= 4 is 17.7 Å². The molecule has 0 radical (unpaired) electrons. The molecule has 1 saturated heterocycles. The Kier molecular flexibility index (Phi) is 6.23. The van der Waals surface area contributed by atoms with Gasteiger partial charge in [-0.15, -0.1) is 0 Å². The predicted octanol–water partition coefficient (Wildman–Crippen LogP) is 3.11. The number of rotatable bonds is 4. The number of carbonyl (C=O) groups is 2. The minimum atomic E-state index is -0.711. The molecule has 0 unspecified atom stereocenters. The van der Waals surface area contributed by atoms with E-state index in [0.717, 1.165) is 0 Å². The number of anilines is 1. The van der Waals surface area contributed by atoms with E-state index in [-0.39, 0.29) is 24.4 Å². The Morgan fingerprint density at radius 3 is 2.53 bits per heavy atom. The third-order valence-corrected chi connectivity index (χ3v) is 4.35. The molecule has 3 rings (SSSR count). The molecule has 1 fully saturated rings. The second kappa shape index (κ2) is 8.68. The number of piperazine rings is 1. The van der Waals surface area contributed by atoms with Gasteiger partial charge < -0.3 is 23.8 Å². The summed E-state index contributed by atoms with van der Waals surface area (Å²) < 4.78 is 29.6. The number of amides is 1. The van der Waals surface area contributed by atoms with Crippen LogP contribution in [-0.4, -0.2) is 65.5 Å². The maximum absolute atomic E-state index is 14.5. The van der Waals surface area contributed by atoms with Gasteiger partial charge in [0.25, 0.3) is 0 Å². The van der Waals surface area contributed by atoms with Gasteiger partial charge in [-0.3, -0.25) is 0 Å². The topological polar surface area (TPSA) is 98.0 Å². The Bertz CT molecular complexity index is 916. The van der Waals surface area contributed by atoms with Gasteiger partial charge >= 0.3 is 18.0 Å². The quantitative estimate of drug-likeness (QED) is 0.696. The number of carbonyl (C=O) groups excluding carboxylic acids is 2. The third-order valence-electron chi connectivity index (χ3n) is 4.35. The molecule has 1 amide bonds. The molecule has 10 heteroatoms. The summed E-state index contributed by atoms with van der Waals surface area (Å²) in [5.41, 5.74) is 0.292. The summed E-state index contributed by atoms with van der Waals surface area (Å²) in [6, 6.07) is 4.42. The van der Waals surface area contributed by atoms with Crippen molar-refractivity contribution in [3.8, 4) is 11.4 Å². The van der Waals surface area contributed by atoms with Crippen molar-refractivity contribution < 1.29 is 28.0 Å². The molecule has 0 saturated carbocycles. The molecule has 2 aromatic rings. The van der Waals surface area contributed by atoms with Gasteiger partial charge in [0.1, 0.15) is 11.4 Å². The summed E-state index contributed by atoms with van der Waals surface area (Å²) in [7, 11) is 0. The van der Waals surface area contributed by atoms with Crippen molar-refractivity contribution in [3.05, 3.63) is 29.9 Å². The zero-order chi connectivity index (χ0) is 21.9. The van der Waals surface area contributed by atoms with Gasteiger partial charge in [0.15, 0.2) is 0 Å². The van der Waals surface area contributed by atoms with Crippen LogP contribution >= 0.6 is 0 Å². The number of esters is 1. The summed E-state index contributed by atoms with van der Waals surface area (Å²) in [6.45, 7) is 9.01. The van der Waals surface area contributed by atoms with Gasteiger partial charge in [-0.05, 0) is 45.9 Å². The first-order valence-electron chi connectivity index (χ1n) is 9.71. The predicted molar refractivity (Wildman–Crippen MR) is 106 cm³/mol. The molecule has 0 spiro atoms. The van der Waals surface area contributed by atoms with E-state index in [2.05, 4.69) is 10.1 Å². The molecular weight excluding hydrogens is 395 g/mol. The Labute approximate surface area is 173 Å². The van der Waals surface area contributed by atoms with E-state index in [0.29, 0.717) is 37.4 Å². The first-order chi connectivity index (χ1) is 14.2. The first-order valence-corrected chi connectivity index (χ1v) is 9.71. The molecule has 0 N–H and O–H groups in total. The molecule has 9 nitrogen and oxygen atoms in total. The first kappa shape index (κ1) is 21.5. The van der Waals surface area contributed by atoms with E-state index in [1.54, 1.807) is 17.9 Å². The minimum Gasteiger partial charge on any atom is -0.459 e. The number of hydrogen-bond donors (Lipinski definition) is 0. The van der Waals surface area contributed by atoms with Crippen molar-refractivity contribution in [2.24, 2.45) is 0 Å². The normalized spacial score (nSPS) is 14.6. The summed E-state index contributed by atoms with van der Waals surface area (Å²) >= 11 is 0. The fraction of sp³-hybridized carbons (Fsp3) is 0.500.